The second-order valence-corrected chi connectivity index (χ2v) is 4.35. The molecule has 24 heavy (non-hydrogen) atoms. The number of benzene rings is 3. The van der Waals surface area contributed by atoms with Crippen LogP contribution in [0.25, 0.3) is 21.5 Å². The van der Waals surface area contributed by atoms with E-state index in [-0.39, 0.29) is 0 Å². The molecule has 0 bridgehead atoms. The molecule has 3 aromatic carbocycles. The maximum Gasteiger partial charge on any atom is 0.0766 e. The Balaban J connectivity index is 0.000000447. The van der Waals surface area contributed by atoms with Gasteiger partial charge in [0, 0.05) is 0 Å². The molecule has 0 atom stereocenters. The van der Waals surface area contributed by atoms with Gasteiger partial charge >= 0.3 is 0 Å². The third-order valence-electron chi connectivity index (χ3n) is 2.95. The van der Waals surface area contributed by atoms with E-state index in [1.807, 2.05) is 13.8 Å². The largest absolute Gasteiger partial charge is 0.505 e. The molecule has 0 unspecified atom stereocenters. The van der Waals surface area contributed by atoms with Crippen LogP contribution in [-0.4, -0.2) is 14.2 Å². The van der Waals surface area contributed by atoms with Crippen LogP contribution in [0, 0.1) is 0 Å². The zero-order chi connectivity index (χ0) is 18.2. The highest BCUT2D eigenvalue weighted by molar-refractivity contribution is 5.98. The molecule has 0 aliphatic rings. The van der Waals surface area contributed by atoms with Crippen molar-refractivity contribution in [3.05, 3.63) is 86.3 Å². The maximum absolute atomic E-state index is 4.31. The van der Waals surface area contributed by atoms with Crippen LogP contribution >= 0.6 is 0 Å². The van der Waals surface area contributed by atoms with Crippen LogP contribution in [0.15, 0.2) is 86.3 Å². The smallest absolute Gasteiger partial charge is 0.0766 e. The van der Waals surface area contributed by atoms with Gasteiger partial charge < -0.3 is 9.47 Å². The first kappa shape index (κ1) is 21.3. The average molecular weight is 324 g/mol. The predicted molar refractivity (Wildman–Crippen MR) is 107 cm³/mol. The lowest BCUT2D eigenvalue weighted by Crippen LogP contribution is -1.74. The fourth-order valence-corrected chi connectivity index (χ4v) is 1.88. The van der Waals surface area contributed by atoms with Crippen LogP contribution in [0.5, 0.6) is 0 Å². The van der Waals surface area contributed by atoms with Crippen molar-refractivity contribution in [2.24, 2.45) is 0 Å². The van der Waals surface area contributed by atoms with Gasteiger partial charge in [-0.05, 0) is 33.7 Å². The van der Waals surface area contributed by atoms with Crippen molar-refractivity contribution in [2.75, 3.05) is 14.2 Å². The molecule has 0 saturated carbocycles. The molecule has 2 heteroatoms. The van der Waals surface area contributed by atoms with Crippen LogP contribution < -0.4 is 0 Å². The van der Waals surface area contributed by atoms with Gasteiger partial charge in [0.1, 0.15) is 0 Å². The summed E-state index contributed by atoms with van der Waals surface area (Å²) in [7, 11) is 3.12. The molecule has 0 amide bonds. The molecule has 0 radical (unpaired) electrons. The number of ether oxygens (including phenoxy) is 2. The molecular weight excluding hydrogens is 296 g/mol. The van der Waals surface area contributed by atoms with Gasteiger partial charge in [0.05, 0.1) is 26.7 Å². The lowest BCUT2D eigenvalue weighted by atomic mass is 10.0. The van der Waals surface area contributed by atoms with E-state index in [4.69, 9.17) is 0 Å². The summed E-state index contributed by atoms with van der Waals surface area (Å²) in [5.41, 5.74) is 0. The van der Waals surface area contributed by atoms with Gasteiger partial charge in [0.15, 0.2) is 0 Å². The molecule has 0 aliphatic heterocycles. The van der Waals surface area contributed by atoms with Gasteiger partial charge in [-0.15, -0.1) is 0 Å². The second-order valence-electron chi connectivity index (χ2n) is 4.35. The Labute approximate surface area is 146 Å². The Morgan fingerprint density at radius 1 is 0.625 bits per heavy atom. The topological polar surface area (TPSA) is 18.5 Å². The molecule has 0 spiro atoms. The Kier molecular flexibility index (Phi) is 12.3. The van der Waals surface area contributed by atoms with Crippen molar-refractivity contribution in [2.45, 2.75) is 13.8 Å². The lowest BCUT2D eigenvalue weighted by molar-refractivity contribution is 0.339. The molecule has 0 N–H and O–H groups in total. The normalized spacial score (nSPS) is 8.33. The summed E-state index contributed by atoms with van der Waals surface area (Å²) in [6, 6.07) is 21.4. The first-order valence-corrected chi connectivity index (χ1v) is 7.91. The summed E-state index contributed by atoms with van der Waals surface area (Å²) in [6.07, 6.45) is 2.75. The monoisotopic (exact) mass is 324 g/mol. The number of hydrogen-bond acceptors (Lipinski definition) is 2. The molecular formula is C22H28O2. The van der Waals surface area contributed by atoms with E-state index in [2.05, 4.69) is 83.3 Å². The summed E-state index contributed by atoms with van der Waals surface area (Å²) < 4.78 is 8.61. The zero-order valence-electron chi connectivity index (χ0n) is 15.2. The van der Waals surface area contributed by atoms with Gasteiger partial charge in [-0.3, -0.25) is 0 Å². The minimum absolute atomic E-state index is 1.31. The van der Waals surface area contributed by atoms with Gasteiger partial charge in [-0.25, -0.2) is 0 Å². The van der Waals surface area contributed by atoms with E-state index in [1.165, 1.54) is 34.1 Å². The number of fused-ring (bicyclic) bond motifs is 2. The number of hydrogen-bond donors (Lipinski definition) is 0. The second kappa shape index (κ2) is 13.9. The molecule has 0 fully saturated rings. The summed E-state index contributed by atoms with van der Waals surface area (Å²) in [6.45, 7) is 10.5. The van der Waals surface area contributed by atoms with Gasteiger partial charge in [-0.2, -0.15) is 0 Å². The van der Waals surface area contributed by atoms with Crippen LogP contribution in [0.3, 0.4) is 0 Å². The van der Waals surface area contributed by atoms with Crippen molar-refractivity contribution < 1.29 is 9.47 Å². The molecule has 0 aliphatic carbocycles. The van der Waals surface area contributed by atoms with E-state index in [9.17, 15) is 0 Å². The Morgan fingerprint density at radius 3 is 1.00 bits per heavy atom. The van der Waals surface area contributed by atoms with Gasteiger partial charge in [0.25, 0.3) is 0 Å². The minimum atomic E-state index is 1.31. The highest BCUT2D eigenvalue weighted by Crippen LogP contribution is 2.21. The zero-order valence-corrected chi connectivity index (χ0v) is 15.2. The SMILES string of the molecule is C=COC.C=COC.CC.c1ccc2cc3ccccc3cc2c1. The van der Waals surface area contributed by atoms with Crippen molar-refractivity contribution >= 4 is 21.5 Å². The summed E-state index contributed by atoms with van der Waals surface area (Å²) in [5.74, 6) is 0. The van der Waals surface area contributed by atoms with Crippen LogP contribution in [0.4, 0.5) is 0 Å². The predicted octanol–water partition coefficient (Wildman–Crippen LogP) is 6.57. The van der Waals surface area contributed by atoms with E-state index in [0.29, 0.717) is 0 Å². The van der Waals surface area contributed by atoms with Crippen molar-refractivity contribution in [1.82, 2.24) is 0 Å². The molecule has 2 nitrogen and oxygen atoms in total. The standard InChI is InChI=1S/C14H10.2C3H6O.C2H6/c1-2-6-12-10-14-8-4-3-7-13(14)9-11(12)5-1;2*1-3-4-2;1-2/h1-10H;2*3H,1H2,2H3;1-2H3. The van der Waals surface area contributed by atoms with Crippen LogP contribution in [0.2, 0.25) is 0 Å². The highest BCUT2D eigenvalue weighted by Gasteiger charge is 1.95. The first-order chi connectivity index (χ1) is 11.8. The third-order valence-corrected chi connectivity index (χ3v) is 2.95. The Bertz CT molecular complexity index is 604. The van der Waals surface area contributed by atoms with E-state index in [0.717, 1.165) is 0 Å². The summed E-state index contributed by atoms with van der Waals surface area (Å²) in [4.78, 5) is 0. The van der Waals surface area contributed by atoms with Crippen molar-refractivity contribution in [3.63, 3.8) is 0 Å². The first-order valence-electron chi connectivity index (χ1n) is 7.91. The lowest BCUT2D eigenvalue weighted by Gasteiger charge is -2.00. The van der Waals surface area contributed by atoms with Gasteiger partial charge in [0.2, 0.25) is 0 Å². The summed E-state index contributed by atoms with van der Waals surface area (Å²) >= 11 is 0. The number of methoxy groups -OCH3 is 2. The maximum atomic E-state index is 4.31. The summed E-state index contributed by atoms with van der Waals surface area (Å²) in [5, 5.41) is 5.25. The molecule has 0 aromatic heterocycles. The van der Waals surface area contributed by atoms with Crippen molar-refractivity contribution in [3.8, 4) is 0 Å². The van der Waals surface area contributed by atoms with E-state index >= 15 is 0 Å². The Morgan fingerprint density at radius 2 is 0.833 bits per heavy atom. The fourth-order valence-electron chi connectivity index (χ4n) is 1.88. The van der Waals surface area contributed by atoms with Crippen LogP contribution in [0.1, 0.15) is 13.8 Å². The third kappa shape index (κ3) is 7.50. The molecule has 128 valence electrons. The van der Waals surface area contributed by atoms with E-state index in [1.54, 1.807) is 14.2 Å². The molecule has 3 rings (SSSR count). The van der Waals surface area contributed by atoms with Gasteiger partial charge in [-0.1, -0.05) is 75.5 Å². The Hall–Kier alpha value is -2.74. The molecule has 0 saturated heterocycles. The number of rotatable bonds is 2. The van der Waals surface area contributed by atoms with Crippen molar-refractivity contribution in [1.29, 1.82) is 0 Å². The average Bonchev–Trinajstić information content (AvgIpc) is 2.68. The minimum Gasteiger partial charge on any atom is -0.505 e. The molecule has 3 aromatic rings. The molecule has 0 heterocycles. The van der Waals surface area contributed by atoms with Crippen LogP contribution in [-0.2, 0) is 9.47 Å². The van der Waals surface area contributed by atoms with E-state index < -0.39 is 0 Å². The fraction of sp³-hybridized carbons (Fsp3) is 0.182. The quantitative estimate of drug-likeness (QED) is 0.392. The highest BCUT2D eigenvalue weighted by atomic mass is 16.5.